The monoisotopic (exact) mass is 318 g/mol. The van der Waals surface area contributed by atoms with Crippen LogP contribution in [-0.2, 0) is 4.79 Å². The molecule has 0 aliphatic carbocycles. The summed E-state index contributed by atoms with van der Waals surface area (Å²) in [6.07, 6.45) is 0. The van der Waals surface area contributed by atoms with Crippen molar-refractivity contribution in [2.24, 2.45) is 5.73 Å². The number of anilines is 1. The van der Waals surface area contributed by atoms with Crippen molar-refractivity contribution in [1.82, 2.24) is 8.75 Å². The van der Waals surface area contributed by atoms with Gasteiger partial charge in [0, 0.05) is 0 Å². The van der Waals surface area contributed by atoms with Gasteiger partial charge in [0.25, 0.3) is 0 Å². The fourth-order valence-corrected chi connectivity index (χ4v) is 2.70. The molecule has 3 aromatic rings. The first-order chi connectivity index (χ1) is 10.2. The van der Waals surface area contributed by atoms with Crippen LogP contribution >= 0.6 is 23.3 Å². The molecule has 3 rings (SSSR count). The number of nitrogens with two attached hydrogens (primary N) is 1. The highest BCUT2D eigenvalue weighted by Crippen LogP contribution is 2.30. The van der Waals surface area contributed by atoms with E-state index in [1.54, 1.807) is 24.3 Å². The Kier molecular flexibility index (Phi) is 3.83. The minimum atomic E-state index is -0.774. The van der Waals surface area contributed by atoms with Crippen molar-refractivity contribution in [3.05, 3.63) is 53.1 Å². The Morgan fingerprint density at radius 2 is 1.95 bits per heavy atom. The third-order valence-corrected chi connectivity index (χ3v) is 3.92. The Morgan fingerprint density at radius 3 is 2.71 bits per heavy atom. The summed E-state index contributed by atoms with van der Waals surface area (Å²) in [5.41, 5.74) is 8.40. The summed E-state index contributed by atoms with van der Waals surface area (Å²) >= 11 is 7.20. The van der Waals surface area contributed by atoms with Crippen molar-refractivity contribution < 1.29 is 4.79 Å². The zero-order chi connectivity index (χ0) is 14.8. The van der Waals surface area contributed by atoms with Gasteiger partial charge in [-0.15, -0.1) is 0 Å². The summed E-state index contributed by atoms with van der Waals surface area (Å²) in [5.74, 6) is -0.344. The number of benzene rings is 2. The average molecular weight is 319 g/mol. The van der Waals surface area contributed by atoms with Crippen LogP contribution in [0.4, 0.5) is 5.69 Å². The van der Waals surface area contributed by atoms with Crippen molar-refractivity contribution in [3.63, 3.8) is 0 Å². The molecule has 0 fully saturated rings. The van der Waals surface area contributed by atoms with E-state index in [-0.39, 0.29) is 5.91 Å². The molecule has 1 aromatic heterocycles. The number of nitrogens with one attached hydrogen (secondary N) is 1. The Labute approximate surface area is 130 Å². The number of carbonyl (C=O) groups is 1. The summed E-state index contributed by atoms with van der Waals surface area (Å²) in [5, 5.41) is 3.15. The lowest BCUT2D eigenvalue weighted by atomic mass is 10.1. The molecular weight excluding hydrogens is 308 g/mol. The van der Waals surface area contributed by atoms with Crippen LogP contribution in [-0.4, -0.2) is 14.7 Å². The third kappa shape index (κ3) is 2.73. The highest BCUT2D eigenvalue weighted by molar-refractivity contribution is 7.00. The number of fused-ring (bicyclic) bond motifs is 1. The zero-order valence-electron chi connectivity index (χ0n) is 10.8. The fourth-order valence-electron chi connectivity index (χ4n) is 1.96. The molecule has 3 N–H and O–H groups in total. The molecule has 7 heteroatoms. The van der Waals surface area contributed by atoms with Crippen LogP contribution in [0.2, 0.25) is 5.02 Å². The maximum absolute atomic E-state index is 12.3. The standard InChI is InChI=1S/C14H11ClN4OS/c15-9-6-7-10-13(19-21-18-10)12(9)17-14(20)11(16)8-4-2-1-3-5-8/h1-7,11H,16H2,(H,17,20)/t11-/m0/s1. The molecule has 0 radical (unpaired) electrons. The van der Waals surface area contributed by atoms with Gasteiger partial charge in [-0.25, -0.2) is 0 Å². The van der Waals surface area contributed by atoms with Crippen molar-refractivity contribution in [2.75, 3.05) is 5.32 Å². The van der Waals surface area contributed by atoms with Crippen molar-refractivity contribution in [1.29, 1.82) is 0 Å². The van der Waals surface area contributed by atoms with E-state index in [2.05, 4.69) is 14.1 Å². The van der Waals surface area contributed by atoms with Gasteiger partial charge in [0.1, 0.15) is 17.1 Å². The van der Waals surface area contributed by atoms with Crippen molar-refractivity contribution in [2.45, 2.75) is 6.04 Å². The van der Waals surface area contributed by atoms with E-state index in [1.165, 1.54) is 0 Å². The summed E-state index contributed by atoms with van der Waals surface area (Å²) in [4.78, 5) is 12.3. The van der Waals surface area contributed by atoms with E-state index in [9.17, 15) is 4.79 Å². The molecule has 0 aliphatic heterocycles. The molecule has 106 valence electrons. The molecule has 0 spiro atoms. The van der Waals surface area contributed by atoms with Gasteiger partial charge in [-0.3, -0.25) is 4.79 Å². The van der Waals surface area contributed by atoms with Gasteiger partial charge in [-0.05, 0) is 17.7 Å². The summed E-state index contributed by atoms with van der Waals surface area (Å²) in [6, 6.07) is 11.8. The lowest BCUT2D eigenvalue weighted by Gasteiger charge is -2.13. The molecule has 0 saturated carbocycles. The molecular formula is C14H11ClN4OS. The third-order valence-electron chi connectivity index (χ3n) is 3.07. The van der Waals surface area contributed by atoms with E-state index < -0.39 is 6.04 Å². The van der Waals surface area contributed by atoms with Crippen LogP contribution < -0.4 is 11.1 Å². The SMILES string of the molecule is N[C@H](C(=O)Nc1c(Cl)ccc2nsnc12)c1ccccc1. The predicted molar refractivity (Wildman–Crippen MR) is 84.4 cm³/mol. The highest BCUT2D eigenvalue weighted by atomic mass is 35.5. The van der Waals surface area contributed by atoms with Gasteiger partial charge >= 0.3 is 0 Å². The van der Waals surface area contributed by atoms with Gasteiger partial charge in [0.2, 0.25) is 5.91 Å². The maximum atomic E-state index is 12.3. The quantitative estimate of drug-likeness (QED) is 0.778. The van der Waals surface area contributed by atoms with Crippen LogP contribution in [0, 0.1) is 0 Å². The predicted octanol–water partition coefficient (Wildman–Crippen LogP) is 2.98. The number of hydrogen-bond acceptors (Lipinski definition) is 5. The van der Waals surface area contributed by atoms with Gasteiger partial charge in [0.15, 0.2) is 0 Å². The average Bonchev–Trinajstić information content (AvgIpc) is 2.99. The first-order valence-electron chi connectivity index (χ1n) is 6.19. The van der Waals surface area contributed by atoms with Crippen molar-refractivity contribution in [3.8, 4) is 0 Å². The van der Waals surface area contributed by atoms with Crippen LogP contribution in [0.5, 0.6) is 0 Å². The number of hydrogen-bond donors (Lipinski definition) is 2. The Morgan fingerprint density at radius 1 is 1.19 bits per heavy atom. The van der Waals surface area contributed by atoms with E-state index in [1.807, 2.05) is 18.2 Å². The highest BCUT2D eigenvalue weighted by Gasteiger charge is 2.19. The molecule has 21 heavy (non-hydrogen) atoms. The van der Waals surface area contributed by atoms with Gasteiger partial charge in [-0.1, -0.05) is 41.9 Å². The van der Waals surface area contributed by atoms with Gasteiger partial charge in [0.05, 0.1) is 22.4 Å². The van der Waals surface area contributed by atoms with Gasteiger partial charge < -0.3 is 11.1 Å². The second-order valence-corrected chi connectivity index (χ2v) is 5.37. The Hall–Kier alpha value is -2.02. The van der Waals surface area contributed by atoms with Crippen LogP contribution in [0.15, 0.2) is 42.5 Å². The number of amides is 1. The summed E-state index contributed by atoms with van der Waals surface area (Å²) in [6.45, 7) is 0. The maximum Gasteiger partial charge on any atom is 0.245 e. The molecule has 0 saturated heterocycles. The minimum Gasteiger partial charge on any atom is -0.321 e. The fraction of sp³-hybridized carbons (Fsp3) is 0.0714. The van der Waals surface area contributed by atoms with E-state index in [4.69, 9.17) is 17.3 Å². The first kappa shape index (κ1) is 13.9. The molecule has 0 unspecified atom stereocenters. The lowest BCUT2D eigenvalue weighted by Crippen LogP contribution is -2.27. The van der Waals surface area contributed by atoms with E-state index in [0.29, 0.717) is 21.7 Å². The molecule has 0 aliphatic rings. The summed E-state index contributed by atoms with van der Waals surface area (Å²) in [7, 11) is 0. The van der Waals surface area contributed by atoms with Crippen molar-refractivity contribution >= 4 is 46.0 Å². The first-order valence-corrected chi connectivity index (χ1v) is 7.30. The number of carbonyl (C=O) groups excluding carboxylic acids is 1. The number of aromatic nitrogens is 2. The molecule has 1 atom stereocenters. The molecule has 5 nitrogen and oxygen atoms in total. The largest absolute Gasteiger partial charge is 0.321 e. The second kappa shape index (κ2) is 5.77. The topological polar surface area (TPSA) is 80.9 Å². The smallest absolute Gasteiger partial charge is 0.245 e. The zero-order valence-corrected chi connectivity index (χ0v) is 12.4. The molecule has 1 amide bonds. The van der Waals surface area contributed by atoms with Crippen LogP contribution in [0.1, 0.15) is 11.6 Å². The molecule has 2 aromatic carbocycles. The summed E-state index contributed by atoms with van der Waals surface area (Å²) < 4.78 is 8.28. The second-order valence-electron chi connectivity index (χ2n) is 4.43. The normalized spacial score (nSPS) is 12.3. The molecule has 0 bridgehead atoms. The van der Waals surface area contributed by atoms with Crippen LogP contribution in [0.25, 0.3) is 11.0 Å². The van der Waals surface area contributed by atoms with Crippen LogP contribution in [0.3, 0.4) is 0 Å². The molecule has 1 heterocycles. The minimum absolute atomic E-state index is 0.344. The Balaban J connectivity index is 1.90. The number of rotatable bonds is 3. The van der Waals surface area contributed by atoms with Gasteiger partial charge in [-0.2, -0.15) is 8.75 Å². The number of nitrogens with zero attached hydrogens (tertiary/aromatic N) is 2. The Bertz CT molecular complexity index is 790. The van der Waals surface area contributed by atoms with E-state index in [0.717, 1.165) is 17.3 Å². The lowest BCUT2D eigenvalue weighted by molar-refractivity contribution is -0.117. The number of halogens is 1. The van der Waals surface area contributed by atoms with E-state index >= 15 is 0 Å².